The summed E-state index contributed by atoms with van der Waals surface area (Å²) in [5.41, 5.74) is 3.34. The van der Waals surface area contributed by atoms with E-state index in [0.717, 1.165) is 49.7 Å². The monoisotopic (exact) mass is 438 g/mol. The van der Waals surface area contributed by atoms with Gasteiger partial charge in [0.05, 0.1) is 28.5 Å². The summed E-state index contributed by atoms with van der Waals surface area (Å²) in [4.78, 5) is 14.7. The molecule has 1 aliphatic rings. The van der Waals surface area contributed by atoms with Crippen LogP contribution < -0.4 is 10.6 Å². The van der Waals surface area contributed by atoms with Crippen molar-refractivity contribution in [3.63, 3.8) is 0 Å². The van der Waals surface area contributed by atoms with Gasteiger partial charge in [-0.1, -0.05) is 17.7 Å². The van der Waals surface area contributed by atoms with E-state index >= 15 is 0 Å². The van der Waals surface area contributed by atoms with Crippen molar-refractivity contribution in [2.45, 2.75) is 13.1 Å². The minimum absolute atomic E-state index is 0.214. The Morgan fingerprint density at radius 2 is 2.10 bits per heavy atom. The molecular formula is C21H23ClN8O. The second kappa shape index (κ2) is 9.75. The predicted molar refractivity (Wildman–Crippen MR) is 116 cm³/mol. The van der Waals surface area contributed by atoms with E-state index in [1.807, 2.05) is 24.4 Å². The fourth-order valence-corrected chi connectivity index (χ4v) is 3.67. The first kappa shape index (κ1) is 21.1. The lowest BCUT2D eigenvalue weighted by Gasteiger charge is -2.26. The number of aromatic nitrogens is 4. The molecule has 1 fully saturated rings. The number of aromatic amines is 1. The summed E-state index contributed by atoms with van der Waals surface area (Å²) < 4.78 is 1.75. The zero-order chi connectivity index (χ0) is 21.6. The van der Waals surface area contributed by atoms with Gasteiger partial charge in [0.1, 0.15) is 11.8 Å². The van der Waals surface area contributed by atoms with Gasteiger partial charge in [-0.2, -0.15) is 15.5 Å². The van der Waals surface area contributed by atoms with Crippen molar-refractivity contribution in [1.82, 2.24) is 35.5 Å². The van der Waals surface area contributed by atoms with E-state index in [-0.39, 0.29) is 5.91 Å². The first-order valence-corrected chi connectivity index (χ1v) is 10.5. The fourth-order valence-electron chi connectivity index (χ4n) is 3.45. The van der Waals surface area contributed by atoms with E-state index in [1.54, 1.807) is 22.9 Å². The molecule has 160 valence electrons. The first-order chi connectivity index (χ1) is 15.1. The molecule has 0 unspecified atom stereocenters. The van der Waals surface area contributed by atoms with Crippen molar-refractivity contribution in [3.05, 3.63) is 58.5 Å². The van der Waals surface area contributed by atoms with Gasteiger partial charge in [-0.3, -0.25) is 19.5 Å². The zero-order valence-electron chi connectivity index (χ0n) is 16.9. The lowest BCUT2D eigenvalue weighted by atomic mass is 10.1. The van der Waals surface area contributed by atoms with Crippen LogP contribution >= 0.6 is 11.6 Å². The van der Waals surface area contributed by atoms with E-state index in [2.05, 4.69) is 30.8 Å². The lowest BCUT2D eigenvalue weighted by Crippen LogP contribution is -2.42. The predicted octanol–water partition coefficient (Wildman–Crippen LogP) is 1.63. The summed E-state index contributed by atoms with van der Waals surface area (Å²) in [5, 5.41) is 27.2. The molecule has 1 amide bonds. The largest absolute Gasteiger partial charge is 0.349 e. The quantitative estimate of drug-likeness (QED) is 0.516. The van der Waals surface area contributed by atoms with Gasteiger partial charge in [-0.15, -0.1) is 0 Å². The Labute approximate surface area is 185 Å². The molecule has 0 spiro atoms. The van der Waals surface area contributed by atoms with E-state index < -0.39 is 0 Å². The number of rotatable bonds is 7. The van der Waals surface area contributed by atoms with E-state index in [1.165, 1.54) is 0 Å². The van der Waals surface area contributed by atoms with Crippen molar-refractivity contribution in [1.29, 1.82) is 5.26 Å². The maximum atomic E-state index is 12.4. The van der Waals surface area contributed by atoms with Crippen LogP contribution in [0.3, 0.4) is 0 Å². The van der Waals surface area contributed by atoms with Gasteiger partial charge in [-0.05, 0) is 24.3 Å². The Morgan fingerprint density at radius 3 is 2.87 bits per heavy atom. The summed E-state index contributed by atoms with van der Waals surface area (Å²) in [7, 11) is 0. The number of benzene rings is 1. The third-order valence-corrected chi connectivity index (χ3v) is 5.43. The first-order valence-electron chi connectivity index (χ1n) is 10.1. The van der Waals surface area contributed by atoms with Crippen LogP contribution in [0.15, 0.2) is 36.5 Å². The Bertz CT molecular complexity index is 1090. The number of hydrogen-bond donors (Lipinski definition) is 3. The van der Waals surface area contributed by atoms with Crippen LogP contribution in [0, 0.1) is 11.3 Å². The maximum absolute atomic E-state index is 12.4. The zero-order valence-corrected chi connectivity index (χ0v) is 17.7. The fraction of sp³-hybridized carbons (Fsp3) is 0.333. The van der Waals surface area contributed by atoms with E-state index in [0.29, 0.717) is 29.4 Å². The highest BCUT2D eigenvalue weighted by Crippen LogP contribution is 2.24. The Kier molecular flexibility index (Phi) is 6.62. The third-order valence-electron chi connectivity index (χ3n) is 5.12. The number of nitrogens with zero attached hydrogens (tertiary/aromatic N) is 5. The number of piperazine rings is 1. The summed E-state index contributed by atoms with van der Waals surface area (Å²) in [6.45, 7) is 5.64. The van der Waals surface area contributed by atoms with Crippen LogP contribution in [0.4, 0.5) is 0 Å². The van der Waals surface area contributed by atoms with Gasteiger partial charge >= 0.3 is 0 Å². The maximum Gasteiger partial charge on any atom is 0.271 e. The molecule has 1 saturated heterocycles. The molecular weight excluding hydrogens is 416 g/mol. The molecule has 4 rings (SSSR count). The number of nitriles is 1. The number of amides is 1. The Balaban J connectivity index is 1.27. The van der Waals surface area contributed by atoms with Crippen molar-refractivity contribution in [2.75, 3.05) is 32.7 Å². The second-order valence-corrected chi connectivity index (χ2v) is 7.74. The average molecular weight is 439 g/mol. The van der Waals surface area contributed by atoms with Crippen molar-refractivity contribution in [2.24, 2.45) is 0 Å². The molecule has 0 radical (unpaired) electrons. The number of hydrogen-bond acceptors (Lipinski definition) is 6. The van der Waals surface area contributed by atoms with Gasteiger partial charge in [-0.25, -0.2) is 0 Å². The smallest absolute Gasteiger partial charge is 0.271 e. The molecule has 3 N–H and O–H groups in total. The molecule has 3 heterocycles. The van der Waals surface area contributed by atoms with Gasteiger partial charge < -0.3 is 10.6 Å². The number of H-pyrrole nitrogens is 1. The number of carbonyl (C=O) groups is 1. The normalized spacial score (nSPS) is 14.3. The van der Waals surface area contributed by atoms with Gasteiger partial charge in [0, 0.05) is 51.0 Å². The third kappa shape index (κ3) is 5.30. The molecule has 0 saturated carbocycles. The topological polar surface area (TPSA) is 115 Å². The van der Waals surface area contributed by atoms with E-state index in [4.69, 9.17) is 16.9 Å². The minimum atomic E-state index is -0.214. The minimum Gasteiger partial charge on any atom is -0.349 e. The summed E-state index contributed by atoms with van der Waals surface area (Å²) in [6.07, 6.45) is 1.84. The average Bonchev–Trinajstić information content (AvgIpc) is 3.44. The highest BCUT2D eigenvalue weighted by atomic mass is 35.5. The van der Waals surface area contributed by atoms with Crippen LogP contribution in [0.25, 0.3) is 11.3 Å². The highest BCUT2D eigenvalue weighted by Gasteiger charge is 2.14. The molecule has 0 atom stereocenters. The van der Waals surface area contributed by atoms with Crippen molar-refractivity contribution >= 4 is 17.5 Å². The molecule has 10 heteroatoms. The standard InChI is InChI=1S/C21H23ClN8O/c22-18-11-15(1-2-16(18)13-23)19-3-7-30(28-19)10-6-25-21(31)20-12-17(26-27-20)14-29-8-4-24-5-9-29/h1-3,7,11-12,24H,4-6,8-10,14H2,(H,25,31)(H,26,27). The summed E-state index contributed by atoms with van der Waals surface area (Å²) in [6, 6.07) is 10.9. The van der Waals surface area contributed by atoms with Crippen molar-refractivity contribution in [3.8, 4) is 17.3 Å². The molecule has 1 aromatic carbocycles. The molecule has 2 aromatic heterocycles. The molecule has 31 heavy (non-hydrogen) atoms. The number of carbonyl (C=O) groups excluding carboxylic acids is 1. The lowest BCUT2D eigenvalue weighted by molar-refractivity contribution is 0.0947. The second-order valence-electron chi connectivity index (χ2n) is 7.33. The number of nitrogens with one attached hydrogen (secondary N) is 3. The van der Waals surface area contributed by atoms with Gasteiger partial charge in [0.15, 0.2) is 0 Å². The van der Waals surface area contributed by atoms with Crippen LogP contribution in [-0.4, -0.2) is 63.5 Å². The molecule has 9 nitrogen and oxygen atoms in total. The SMILES string of the molecule is N#Cc1ccc(-c2ccn(CCNC(=O)c3cc(CN4CCNCC4)[nH]n3)n2)cc1Cl. The molecule has 0 bridgehead atoms. The van der Waals surface area contributed by atoms with Crippen molar-refractivity contribution < 1.29 is 4.79 Å². The van der Waals surface area contributed by atoms with Crippen LogP contribution in [0.1, 0.15) is 21.7 Å². The molecule has 3 aromatic rings. The highest BCUT2D eigenvalue weighted by molar-refractivity contribution is 6.32. The Hall–Kier alpha value is -3.19. The molecule has 0 aliphatic carbocycles. The van der Waals surface area contributed by atoms with Gasteiger partial charge in [0.25, 0.3) is 5.91 Å². The van der Waals surface area contributed by atoms with Crippen LogP contribution in [-0.2, 0) is 13.1 Å². The molecule has 1 aliphatic heterocycles. The summed E-state index contributed by atoms with van der Waals surface area (Å²) >= 11 is 6.10. The number of halogens is 1. The van der Waals surface area contributed by atoms with Crippen LogP contribution in [0.2, 0.25) is 5.02 Å². The summed E-state index contributed by atoms with van der Waals surface area (Å²) in [5.74, 6) is -0.214. The van der Waals surface area contributed by atoms with E-state index in [9.17, 15) is 4.79 Å². The van der Waals surface area contributed by atoms with Crippen LogP contribution in [0.5, 0.6) is 0 Å². The Morgan fingerprint density at radius 1 is 1.26 bits per heavy atom. The van der Waals surface area contributed by atoms with Gasteiger partial charge in [0.2, 0.25) is 0 Å².